The van der Waals surface area contributed by atoms with Crippen molar-refractivity contribution < 1.29 is 36.9 Å². The van der Waals surface area contributed by atoms with E-state index in [0.717, 1.165) is 12.3 Å². The molecule has 0 radical (unpaired) electrons. The molecule has 0 aromatic heterocycles. The van der Waals surface area contributed by atoms with Crippen molar-refractivity contribution in [2.75, 3.05) is 25.1 Å². The van der Waals surface area contributed by atoms with Crippen LogP contribution >= 0.6 is 22.6 Å². The van der Waals surface area contributed by atoms with Crippen LogP contribution in [0.1, 0.15) is 36.7 Å². The van der Waals surface area contributed by atoms with Gasteiger partial charge in [0.15, 0.2) is 32.8 Å². The van der Waals surface area contributed by atoms with E-state index in [0.29, 0.717) is 9.86 Å². The van der Waals surface area contributed by atoms with Crippen molar-refractivity contribution in [2.24, 2.45) is 5.16 Å². The number of amides is 1. The minimum absolute atomic E-state index is 0.00426. The summed E-state index contributed by atoms with van der Waals surface area (Å²) in [5, 5.41) is 5.82. The highest BCUT2D eigenvalue weighted by molar-refractivity contribution is 14.1. The number of nitrogens with one attached hydrogen (secondary N) is 2. The number of halogens is 4. The second-order valence-electron chi connectivity index (χ2n) is 9.35. The number of carbonyl (C=O) groups excluding carboxylic acids is 2. The number of hydrogen-bond donors (Lipinski definition) is 2. The van der Waals surface area contributed by atoms with Crippen LogP contribution in [0.25, 0.3) is 0 Å². The van der Waals surface area contributed by atoms with Gasteiger partial charge in [0, 0.05) is 9.13 Å². The molecule has 0 heterocycles. The molecule has 0 aliphatic carbocycles. The fourth-order valence-corrected chi connectivity index (χ4v) is 4.14. The molecule has 0 aliphatic heterocycles. The number of benzene rings is 2. The molecular formula is C24H29F3IN3O5Si. The topological polar surface area (TPSA) is 98.2 Å². The van der Waals surface area contributed by atoms with Crippen molar-refractivity contribution in [1.29, 1.82) is 0 Å². The van der Waals surface area contributed by atoms with Gasteiger partial charge in [-0.15, -0.1) is 0 Å². The summed E-state index contributed by atoms with van der Waals surface area (Å²) in [4.78, 5) is 33.0. The molecule has 0 unspecified atom stereocenters. The Bertz CT molecular complexity index is 1160. The lowest BCUT2D eigenvalue weighted by molar-refractivity contribution is -0.111. The summed E-state index contributed by atoms with van der Waals surface area (Å²) in [7, 11) is -2.03. The van der Waals surface area contributed by atoms with E-state index in [9.17, 15) is 18.4 Å². The van der Waals surface area contributed by atoms with E-state index >= 15 is 4.39 Å². The SMILES string of the molecule is CC(C)(C)[Si](C)(C)OCCONC(=O)c1cc(/C=N/OCC=O)c(F)c(F)c1Nc1ccc(I)cc1F. The first-order chi connectivity index (χ1) is 17.3. The lowest BCUT2D eigenvalue weighted by Gasteiger charge is -2.36. The zero-order valence-corrected chi connectivity index (χ0v) is 24.2. The molecule has 0 saturated carbocycles. The quantitative estimate of drug-likeness (QED) is 0.0766. The Labute approximate surface area is 228 Å². The van der Waals surface area contributed by atoms with Crippen LogP contribution in [0.15, 0.2) is 29.4 Å². The summed E-state index contributed by atoms with van der Waals surface area (Å²) < 4.78 is 50.8. The van der Waals surface area contributed by atoms with Gasteiger partial charge < -0.3 is 14.6 Å². The smallest absolute Gasteiger partial charge is 0.277 e. The molecule has 37 heavy (non-hydrogen) atoms. The second-order valence-corrected chi connectivity index (χ2v) is 15.4. The van der Waals surface area contributed by atoms with Crippen molar-refractivity contribution in [3.05, 3.63) is 56.4 Å². The van der Waals surface area contributed by atoms with E-state index in [1.807, 2.05) is 22.6 Å². The molecular weight excluding hydrogens is 622 g/mol. The molecule has 0 saturated heterocycles. The fraction of sp³-hybridized carbons (Fsp3) is 0.375. The van der Waals surface area contributed by atoms with Crippen LogP contribution < -0.4 is 10.8 Å². The number of oxime groups is 1. The normalized spacial score (nSPS) is 12.0. The lowest BCUT2D eigenvalue weighted by Crippen LogP contribution is -2.41. The average molecular weight is 651 g/mol. The third-order valence-corrected chi connectivity index (χ3v) is 10.9. The predicted molar refractivity (Wildman–Crippen MR) is 145 cm³/mol. The largest absolute Gasteiger partial charge is 0.414 e. The summed E-state index contributed by atoms with van der Waals surface area (Å²) in [6.07, 6.45) is 1.23. The maximum atomic E-state index is 15.1. The molecule has 13 heteroatoms. The molecule has 0 fully saturated rings. The maximum Gasteiger partial charge on any atom is 0.277 e. The van der Waals surface area contributed by atoms with Crippen LogP contribution in [0.2, 0.25) is 18.1 Å². The number of rotatable bonds is 12. The highest BCUT2D eigenvalue weighted by Gasteiger charge is 2.36. The highest BCUT2D eigenvalue weighted by Crippen LogP contribution is 2.36. The molecule has 2 aromatic rings. The number of hydroxylamine groups is 1. The molecule has 0 bridgehead atoms. The van der Waals surface area contributed by atoms with Gasteiger partial charge in [0.25, 0.3) is 5.91 Å². The van der Waals surface area contributed by atoms with E-state index < -0.39 is 49.5 Å². The van der Waals surface area contributed by atoms with Crippen molar-refractivity contribution in [3.8, 4) is 0 Å². The highest BCUT2D eigenvalue weighted by atomic mass is 127. The first kappa shape index (κ1) is 30.7. The van der Waals surface area contributed by atoms with Gasteiger partial charge in [-0.1, -0.05) is 25.9 Å². The van der Waals surface area contributed by atoms with Gasteiger partial charge in [0.1, 0.15) is 5.82 Å². The zero-order chi connectivity index (χ0) is 27.8. The first-order valence-electron chi connectivity index (χ1n) is 11.2. The molecule has 1 amide bonds. The maximum absolute atomic E-state index is 15.1. The van der Waals surface area contributed by atoms with Crippen molar-refractivity contribution >= 4 is 60.7 Å². The van der Waals surface area contributed by atoms with Gasteiger partial charge in [-0.2, -0.15) is 0 Å². The summed E-state index contributed by atoms with van der Waals surface area (Å²) in [6, 6.07) is 5.06. The van der Waals surface area contributed by atoms with E-state index in [4.69, 9.17) is 9.26 Å². The van der Waals surface area contributed by atoms with Gasteiger partial charge in [0.2, 0.25) is 0 Å². The minimum Gasteiger partial charge on any atom is -0.414 e. The standard InChI is InChI=1S/C24H29F3IN3O5Si/c1-24(2,3)37(4,5)36-11-10-35-31-23(33)17-12-15(14-29-34-9-8-32)20(26)21(27)22(17)30-19-7-6-16(28)13-18(19)25/h6-8,12-14,30H,9-11H2,1-5H3,(H,31,33)/b29-14+. The number of nitrogens with zero attached hydrogens (tertiary/aromatic N) is 1. The third-order valence-electron chi connectivity index (χ3n) is 5.70. The summed E-state index contributed by atoms with van der Waals surface area (Å²) in [6.45, 7) is 10.2. The molecule has 0 atom stereocenters. The van der Waals surface area contributed by atoms with E-state index in [2.05, 4.69) is 54.7 Å². The van der Waals surface area contributed by atoms with Gasteiger partial charge in [-0.25, -0.2) is 18.7 Å². The fourth-order valence-electron chi connectivity index (χ4n) is 2.66. The van der Waals surface area contributed by atoms with E-state index in [-0.39, 0.29) is 29.5 Å². The van der Waals surface area contributed by atoms with Crippen LogP contribution in [-0.4, -0.2) is 46.5 Å². The summed E-state index contributed by atoms with van der Waals surface area (Å²) in [5.74, 6) is -4.48. The van der Waals surface area contributed by atoms with Gasteiger partial charge in [-0.05, 0) is 65.0 Å². The summed E-state index contributed by atoms with van der Waals surface area (Å²) in [5.41, 5.74) is 0.560. The lowest BCUT2D eigenvalue weighted by atomic mass is 10.1. The first-order valence-corrected chi connectivity index (χ1v) is 15.2. The Morgan fingerprint density at radius 3 is 2.46 bits per heavy atom. The van der Waals surface area contributed by atoms with E-state index in [1.54, 1.807) is 6.07 Å². The predicted octanol–water partition coefficient (Wildman–Crippen LogP) is 5.68. The Kier molecular flexibility index (Phi) is 11.1. The van der Waals surface area contributed by atoms with Crippen molar-refractivity contribution in [1.82, 2.24) is 5.48 Å². The second kappa shape index (κ2) is 13.3. The van der Waals surface area contributed by atoms with Crippen molar-refractivity contribution in [3.63, 3.8) is 0 Å². The zero-order valence-electron chi connectivity index (χ0n) is 21.1. The monoisotopic (exact) mass is 651 g/mol. The van der Waals surface area contributed by atoms with Crippen LogP contribution in [0, 0.1) is 21.0 Å². The number of carbonyl (C=O) groups is 2. The van der Waals surface area contributed by atoms with E-state index in [1.165, 1.54) is 12.1 Å². The molecule has 202 valence electrons. The Morgan fingerprint density at radius 1 is 1.14 bits per heavy atom. The van der Waals surface area contributed by atoms with Crippen LogP contribution in [0.3, 0.4) is 0 Å². The molecule has 2 N–H and O–H groups in total. The Morgan fingerprint density at radius 2 is 1.84 bits per heavy atom. The number of hydrogen-bond acceptors (Lipinski definition) is 7. The molecule has 0 spiro atoms. The number of aldehydes is 1. The minimum atomic E-state index is -2.03. The van der Waals surface area contributed by atoms with Crippen LogP contribution in [0.5, 0.6) is 0 Å². The van der Waals surface area contributed by atoms with Crippen LogP contribution in [-0.2, 0) is 18.9 Å². The van der Waals surface area contributed by atoms with Gasteiger partial charge in [-0.3, -0.25) is 14.4 Å². The van der Waals surface area contributed by atoms with Gasteiger partial charge >= 0.3 is 0 Å². The molecule has 2 rings (SSSR count). The Hall–Kier alpha value is -2.49. The average Bonchev–Trinajstić information content (AvgIpc) is 2.81. The number of anilines is 2. The molecule has 2 aromatic carbocycles. The van der Waals surface area contributed by atoms with Crippen LogP contribution in [0.4, 0.5) is 24.5 Å². The van der Waals surface area contributed by atoms with Crippen molar-refractivity contribution in [2.45, 2.75) is 38.9 Å². The summed E-state index contributed by atoms with van der Waals surface area (Å²) >= 11 is 1.90. The van der Waals surface area contributed by atoms with Gasteiger partial charge in [0.05, 0.1) is 36.4 Å². The molecule has 8 nitrogen and oxygen atoms in total. The third kappa shape index (κ3) is 8.51. The molecule has 0 aliphatic rings. The Balaban J connectivity index is 2.28.